The molecule has 1 aliphatic rings. The topological polar surface area (TPSA) is 8.17 Å². The molecule has 2 heterocycles. The van der Waals surface area contributed by atoms with Gasteiger partial charge in [-0.2, -0.15) is 0 Å². The standard InChI is InChI=1S/C50H38N2S/c1-33-30-48-49(53-33)44-31-37(22-29-47(44)52(48)41-27-28-43-42-16-10-11-17-45(42)50(2,3)46(43)32-41)36-20-25-40(26-21-36)51(38-14-8-5-9-15-38)39-23-18-35(19-24-39)34-12-6-4-7-13-34/h4-32H,1-3H3. The van der Waals surface area contributed by atoms with Crippen LogP contribution in [0.15, 0.2) is 176 Å². The zero-order chi connectivity index (χ0) is 35.7. The summed E-state index contributed by atoms with van der Waals surface area (Å²) in [6.07, 6.45) is 0. The maximum atomic E-state index is 2.47. The Balaban J connectivity index is 1.03. The lowest BCUT2D eigenvalue weighted by atomic mass is 9.82. The van der Waals surface area contributed by atoms with Gasteiger partial charge in [-0.05, 0) is 118 Å². The van der Waals surface area contributed by atoms with Crippen LogP contribution < -0.4 is 4.90 Å². The predicted octanol–water partition coefficient (Wildman–Crippen LogP) is 14.3. The van der Waals surface area contributed by atoms with E-state index in [2.05, 4.69) is 206 Å². The van der Waals surface area contributed by atoms with Crippen LogP contribution in [0.1, 0.15) is 29.9 Å². The Bertz CT molecular complexity index is 2790. The fraction of sp³-hybridized carbons (Fsp3) is 0.0800. The number of aromatic nitrogens is 1. The molecule has 0 radical (unpaired) electrons. The van der Waals surface area contributed by atoms with Gasteiger partial charge in [0.15, 0.2) is 0 Å². The molecular formula is C50H38N2S. The molecule has 0 N–H and O–H groups in total. The summed E-state index contributed by atoms with van der Waals surface area (Å²) in [6, 6.07) is 64.4. The highest BCUT2D eigenvalue weighted by Gasteiger charge is 2.35. The van der Waals surface area contributed by atoms with E-state index in [1.165, 1.54) is 76.2 Å². The molecule has 0 saturated carbocycles. The van der Waals surface area contributed by atoms with Crippen molar-refractivity contribution in [3.05, 3.63) is 192 Å². The van der Waals surface area contributed by atoms with Gasteiger partial charge in [0, 0.05) is 38.4 Å². The average Bonchev–Trinajstić information content (AvgIpc) is 3.80. The second-order valence-corrected chi connectivity index (χ2v) is 15.9. The lowest BCUT2D eigenvalue weighted by molar-refractivity contribution is 0.660. The summed E-state index contributed by atoms with van der Waals surface area (Å²) in [5, 5.41) is 1.30. The van der Waals surface area contributed by atoms with Crippen molar-refractivity contribution in [1.82, 2.24) is 4.57 Å². The zero-order valence-electron chi connectivity index (χ0n) is 30.0. The van der Waals surface area contributed by atoms with Gasteiger partial charge in [0.25, 0.3) is 0 Å². The Labute approximate surface area is 314 Å². The van der Waals surface area contributed by atoms with E-state index in [0.29, 0.717) is 0 Å². The summed E-state index contributed by atoms with van der Waals surface area (Å²) in [6.45, 7) is 6.94. The molecule has 53 heavy (non-hydrogen) atoms. The normalized spacial score (nSPS) is 13.0. The van der Waals surface area contributed by atoms with Crippen molar-refractivity contribution < 1.29 is 0 Å². The summed E-state index contributed by atoms with van der Waals surface area (Å²) in [4.78, 5) is 3.66. The van der Waals surface area contributed by atoms with Crippen molar-refractivity contribution in [1.29, 1.82) is 0 Å². The van der Waals surface area contributed by atoms with Gasteiger partial charge in [0.1, 0.15) is 0 Å². The quantitative estimate of drug-likeness (QED) is 0.168. The first-order valence-electron chi connectivity index (χ1n) is 18.3. The van der Waals surface area contributed by atoms with Crippen LogP contribution >= 0.6 is 11.3 Å². The summed E-state index contributed by atoms with van der Waals surface area (Å²) < 4.78 is 3.81. The number of rotatable bonds is 6. The van der Waals surface area contributed by atoms with Gasteiger partial charge < -0.3 is 9.47 Å². The third-order valence-electron chi connectivity index (χ3n) is 11.1. The molecular weight excluding hydrogens is 661 g/mol. The second kappa shape index (κ2) is 12.2. The summed E-state index contributed by atoms with van der Waals surface area (Å²) in [7, 11) is 0. The minimum atomic E-state index is -0.0460. The number of anilines is 3. The van der Waals surface area contributed by atoms with Gasteiger partial charge in [-0.15, -0.1) is 11.3 Å². The Kier molecular flexibility index (Phi) is 7.28. The smallest absolute Gasteiger partial charge is 0.0651 e. The third kappa shape index (κ3) is 5.15. The molecule has 2 nitrogen and oxygen atoms in total. The Hall–Kier alpha value is -6.16. The molecule has 254 valence electrons. The number of hydrogen-bond acceptors (Lipinski definition) is 2. The lowest BCUT2D eigenvalue weighted by Crippen LogP contribution is -2.15. The number of thiophene rings is 1. The van der Waals surface area contributed by atoms with Crippen molar-refractivity contribution >= 4 is 49.5 Å². The number of para-hydroxylation sites is 1. The second-order valence-electron chi connectivity index (χ2n) is 14.7. The summed E-state index contributed by atoms with van der Waals surface area (Å²) >= 11 is 1.89. The maximum Gasteiger partial charge on any atom is 0.0651 e. The van der Waals surface area contributed by atoms with E-state index in [0.717, 1.165) is 17.1 Å². The number of hydrogen-bond donors (Lipinski definition) is 0. The number of aryl methyl sites for hydroxylation is 1. The first kappa shape index (κ1) is 31.6. The maximum absolute atomic E-state index is 2.47. The van der Waals surface area contributed by atoms with Gasteiger partial charge in [-0.3, -0.25) is 0 Å². The molecule has 10 rings (SSSR count). The van der Waals surface area contributed by atoms with E-state index in [9.17, 15) is 0 Å². The van der Waals surface area contributed by atoms with Crippen LogP contribution in [0.3, 0.4) is 0 Å². The van der Waals surface area contributed by atoms with Gasteiger partial charge >= 0.3 is 0 Å². The number of benzene rings is 7. The van der Waals surface area contributed by atoms with E-state index in [4.69, 9.17) is 0 Å². The highest BCUT2D eigenvalue weighted by atomic mass is 32.1. The third-order valence-corrected chi connectivity index (χ3v) is 12.2. The van der Waals surface area contributed by atoms with Crippen LogP contribution in [0.4, 0.5) is 17.1 Å². The van der Waals surface area contributed by atoms with Crippen LogP contribution in [-0.4, -0.2) is 4.57 Å². The van der Waals surface area contributed by atoms with Crippen molar-refractivity contribution in [3.63, 3.8) is 0 Å². The van der Waals surface area contributed by atoms with Gasteiger partial charge in [-0.25, -0.2) is 0 Å². The van der Waals surface area contributed by atoms with Crippen molar-refractivity contribution in [3.8, 4) is 39.1 Å². The van der Waals surface area contributed by atoms with E-state index >= 15 is 0 Å². The Morgan fingerprint density at radius 3 is 1.75 bits per heavy atom. The molecule has 0 bridgehead atoms. The molecule has 0 atom stereocenters. The fourth-order valence-corrected chi connectivity index (χ4v) is 9.47. The molecule has 0 fully saturated rings. The van der Waals surface area contributed by atoms with E-state index in [-0.39, 0.29) is 5.41 Å². The van der Waals surface area contributed by atoms with Gasteiger partial charge in [0.05, 0.1) is 15.7 Å². The van der Waals surface area contributed by atoms with Crippen molar-refractivity contribution in [2.75, 3.05) is 4.90 Å². The minimum absolute atomic E-state index is 0.0460. The minimum Gasteiger partial charge on any atom is -0.311 e. The zero-order valence-corrected chi connectivity index (χ0v) is 30.9. The molecule has 7 aromatic carbocycles. The summed E-state index contributed by atoms with van der Waals surface area (Å²) in [5.74, 6) is 0. The Morgan fingerprint density at radius 1 is 0.472 bits per heavy atom. The largest absolute Gasteiger partial charge is 0.311 e. The van der Waals surface area contributed by atoms with Crippen LogP contribution in [0.2, 0.25) is 0 Å². The van der Waals surface area contributed by atoms with Gasteiger partial charge in [0.2, 0.25) is 0 Å². The first-order chi connectivity index (χ1) is 25.9. The molecule has 0 amide bonds. The van der Waals surface area contributed by atoms with E-state index in [1.807, 2.05) is 11.3 Å². The molecule has 2 aromatic heterocycles. The predicted molar refractivity (Wildman–Crippen MR) is 227 cm³/mol. The number of fused-ring (bicyclic) bond motifs is 6. The van der Waals surface area contributed by atoms with E-state index in [1.54, 1.807) is 0 Å². The lowest BCUT2D eigenvalue weighted by Gasteiger charge is -2.26. The van der Waals surface area contributed by atoms with Crippen LogP contribution in [0, 0.1) is 6.92 Å². The molecule has 9 aromatic rings. The Morgan fingerprint density at radius 2 is 1.04 bits per heavy atom. The van der Waals surface area contributed by atoms with E-state index < -0.39 is 0 Å². The van der Waals surface area contributed by atoms with Crippen LogP contribution in [0.5, 0.6) is 0 Å². The molecule has 0 unspecified atom stereocenters. The molecule has 0 saturated heterocycles. The monoisotopic (exact) mass is 698 g/mol. The first-order valence-corrected chi connectivity index (χ1v) is 19.2. The summed E-state index contributed by atoms with van der Waals surface area (Å²) in [5.41, 5.74) is 17.4. The van der Waals surface area contributed by atoms with Crippen LogP contribution in [-0.2, 0) is 5.41 Å². The highest BCUT2D eigenvalue weighted by molar-refractivity contribution is 7.20. The van der Waals surface area contributed by atoms with Gasteiger partial charge in [-0.1, -0.05) is 123 Å². The number of nitrogens with zero attached hydrogens (tertiary/aromatic N) is 2. The molecule has 0 spiro atoms. The molecule has 0 aliphatic heterocycles. The van der Waals surface area contributed by atoms with Crippen molar-refractivity contribution in [2.24, 2.45) is 0 Å². The molecule has 3 heteroatoms. The fourth-order valence-electron chi connectivity index (χ4n) is 8.45. The highest BCUT2D eigenvalue weighted by Crippen LogP contribution is 2.50. The van der Waals surface area contributed by atoms with Crippen LogP contribution in [0.25, 0.3) is 60.2 Å². The molecule has 1 aliphatic carbocycles. The average molecular weight is 699 g/mol. The van der Waals surface area contributed by atoms with Crippen molar-refractivity contribution in [2.45, 2.75) is 26.2 Å². The SMILES string of the molecule is Cc1cc2c(s1)c1cc(-c3ccc(N(c4ccccc4)c4ccc(-c5ccccc5)cc4)cc3)ccc1n2-c1ccc2c(c1)C(C)(C)c1ccccc1-2.